The van der Waals surface area contributed by atoms with Gasteiger partial charge in [-0.1, -0.05) is 71.1 Å². The fourth-order valence-electron chi connectivity index (χ4n) is 5.43. The fraction of sp³-hybridized carbons (Fsp3) is 0.147. The molecule has 0 spiro atoms. The number of fused-ring (bicyclic) bond motifs is 2. The van der Waals surface area contributed by atoms with Crippen LogP contribution in [0.1, 0.15) is 37.6 Å². The van der Waals surface area contributed by atoms with Crippen molar-refractivity contribution in [2.75, 3.05) is 29.1 Å². The Bertz CT molecular complexity index is 2200. The number of carboxylic acids is 1. The molecule has 11 nitrogen and oxygen atoms in total. The Kier molecular flexibility index (Phi) is 8.14. The van der Waals surface area contributed by atoms with Gasteiger partial charge in [-0.05, 0) is 53.3 Å². The second kappa shape index (κ2) is 12.8. The van der Waals surface area contributed by atoms with Crippen molar-refractivity contribution in [3.05, 3.63) is 99.6 Å². The standard InChI is InChI=1S/C34H26N8O3S2/c35-17-24-29(40-41-31(24)36)21-7-4-9-23(16-21)45-15-5-12-28-30(32(43)44)39-34(47-28)42-14-13-20-6-3-8-22(25(20)19-42)18-37-33-38-26-10-1-2-11-27(26)46-33/h1-4,6-11,16H,13-15,18-19H2,(H,37,38)(H,43,44)(H3,36,40,41). The van der Waals surface area contributed by atoms with Crippen LogP contribution in [0.5, 0.6) is 5.75 Å². The van der Waals surface area contributed by atoms with Crippen molar-refractivity contribution in [2.45, 2.75) is 19.5 Å². The number of nitriles is 1. The molecule has 0 bridgehead atoms. The third-order valence-electron chi connectivity index (χ3n) is 7.72. The number of nitrogens with zero attached hydrogens (tertiary/aromatic N) is 5. The largest absolute Gasteiger partial charge is 0.481 e. The van der Waals surface area contributed by atoms with Gasteiger partial charge in [0.2, 0.25) is 0 Å². The molecule has 13 heteroatoms. The molecule has 0 saturated carbocycles. The van der Waals surface area contributed by atoms with E-state index in [-0.39, 0.29) is 23.7 Å². The monoisotopic (exact) mass is 658 g/mol. The molecule has 6 aromatic rings. The average Bonchev–Trinajstić information content (AvgIpc) is 3.82. The molecule has 0 saturated heterocycles. The third kappa shape index (κ3) is 6.18. The number of nitrogen functional groups attached to an aromatic ring is 1. The molecule has 0 unspecified atom stereocenters. The summed E-state index contributed by atoms with van der Waals surface area (Å²) in [7, 11) is 0. The van der Waals surface area contributed by atoms with Gasteiger partial charge in [0.15, 0.2) is 21.8 Å². The van der Waals surface area contributed by atoms with Gasteiger partial charge in [-0.25, -0.2) is 14.8 Å². The molecular weight excluding hydrogens is 633 g/mol. The summed E-state index contributed by atoms with van der Waals surface area (Å²) in [5.41, 5.74) is 11.8. The summed E-state index contributed by atoms with van der Waals surface area (Å²) in [5.74, 6) is 5.40. The number of carbonyl (C=O) groups is 1. The van der Waals surface area contributed by atoms with Crippen LogP contribution in [0.4, 0.5) is 16.1 Å². The SMILES string of the molecule is N#Cc1c(N)n[nH]c1-c1cccc(OCC#Cc2sc(N3CCc4cccc(CNc5nc6ccccc6s5)c4C3)nc2C(=O)O)c1. The molecule has 7 rings (SSSR count). The van der Waals surface area contributed by atoms with Gasteiger partial charge in [0.05, 0.1) is 15.9 Å². The van der Waals surface area contributed by atoms with Crippen molar-refractivity contribution in [3.8, 4) is 34.9 Å². The first-order valence-electron chi connectivity index (χ1n) is 14.6. The summed E-state index contributed by atoms with van der Waals surface area (Å²) < 4.78 is 6.95. The number of anilines is 3. The quantitative estimate of drug-likeness (QED) is 0.145. The predicted molar refractivity (Wildman–Crippen MR) is 183 cm³/mol. The zero-order valence-corrected chi connectivity index (χ0v) is 26.4. The highest BCUT2D eigenvalue weighted by atomic mass is 32.1. The van der Waals surface area contributed by atoms with Crippen molar-refractivity contribution < 1.29 is 14.6 Å². The van der Waals surface area contributed by atoms with Gasteiger partial charge in [0, 0.05) is 25.2 Å². The first-order valence-corrected chi connectivity index (χ1v) is 16.2. The highest BCUT2D eigenvalue weighted by Gasteiger charge is 2.25. The number of thiazole rings is 2. The van der Waals surface area contributed by atoms with Gasteiger partial charge in [-0.3, -0.25) is 5.10 Å². The van der Waals surface area contributed by atoms with Crippen molar-refractivity contribution >= 4 is 54.9 Å². The van der Waals surface area contributed by atoms with Gasteiger partial charge in [-0.15, -0.1) is 0 Å². The topological polar surface area (TPSA) is 166 Å². The lowest BCUT2D eigenvalue weighted by atomic mass is 9.95. The number of hydrogen-bond donors (Lipinski definition) is 4. The zero-order valence-electron chi connectivity index (χ0n) is 24.8. The van der Waals surface area contributed by atoms with Crippen LogP contribution >= 0.6 is 22.7 Å². The van der Waals surface area contributed by atoms with E-state index in [2.05, 4.69) is 67.6 Å². The average molecular weight is 659 g/mol. The van der Waals surface area contributed by atoms with Crippen molar-refractivity contribution in [2.24, 2.45) is 0 Å². The van der Waals surface area contributed by atoms with Crippen LogP contribution in [0.3, 0.4) is 0 Å². The van der Waals surface area contributed by atoms with Crippen LogP contribution in [-0.4, -0.2) is 44.4 Å². The molecular formula is C34H26N8O3S2. The molecule has 4 heterocycles. The molecule has 3 aromatic carbocycles. The van der Waals surface area contributed by atoms with E-state index in [0.717, 1.165) is 28.3 Å². The smallest absolute Gasteiger partial charge is 0.356 e. The summed E-state index contributed by atoms with van der Waals surface area (Å²) in [6, 6.07) is 23.6. The van der Waals surface area contributed by atoms with Gasteiger partial charge in [0.1, 0.15) is 28.9 Å². The Balaban J connectivity index is 1.05. The lowest BCUT2D eigenvalue weighted by molar-refractivity contribution is 0.0691. The van der Waals surface area contributed by atoms with E-state index >= 15 is 0 Å². The number of hydrogen-bond acceptors (Lipinski definition) is 11. The normalized spacial score (nSPS) is 12.2. The van der Waals surface area contributed by atoms with Crippen LogP contribution in [-0.2, 0) is 19.5 Å². The molecule has 5 N–H and O–H groups in total. The number of nitrogens with two attached hydrogens (primary N) is 1. The number of carboxylic acid groups (broad SMARTS) is 1. The number of nitrogens with one attached hydrogen (secondary N) is 2. The Labute approximate surface area is 277 Å². The molecule has 3 aromatic heterocycles. The van der Waals surface area contributed by atoms with Crippen molar-refractivity contribution in [1.29, 1.82) is 5.26 Å². The molecule has 0 radical (unpaired) electrons. The van der Waals surface area contributed by atoms with E-state index in [1.165, 1.54) is 28.0 Å². The van der Waals surface area contributed by atoms with E-state index in [4.69, 9.17) is 15.5 Å². The second-order valence-electron chi connectivity index (χ2n) is 10.6. The van der Waals surface area contributed by atoms with Crippen LogP contribution in [0.2, 0.25) is 0 Å². The highest BCUT2D eigenvalue weighted by molar-refractivity contribution is 7.22. The minimum atomic E-state index is -1.13. The maximum Gasteiger partial charge on any atom is 0.356 e. The van der Waals surface area contributed by atoms with E-state index < -0.39 is 5.97 Å². The molecule has 0 fully saturated rings. The van der Waals surface area contributed by atoms with Crippen LogP contribution < -0.4 is 20.7 Å². The number of rotatable bonds is 8. The molecule has 232 valence electrons. The summed E-state index contributed by atoms with van der Waals surface area (Å²) in [5, 5.41) is 31.0. The number of aromatic nitrogens is 4. The summed E-state index contributed by atoms with van der Waals surface area (Å²) in [4.78, 5) is 23.8. The Morgan fingerprint density at radius 2 is 2.00 bits per heavy atom. The first kappa shape index (κ1) is 29.8. The molecule has 0 amide bonds. The van der Waals surface area contributed by atoms with E-state index in [1.807, 2.05) is 24.3 Å². The number of H-pyrrole nitrogens is 1. The second-order valence-corrected chi connectivity index (χ2v) is 12.6. The Morgan fingerprint density at radius 1 is 1.13 bits per heavy atom. The molecule has 1 aliphatic heterocycles. The lowest BCUT2D eigenvalue weighted by Gasteiger charge is -2.30. The van der Waals surface area contributed by atoms with Crippen LogP contribution in [0.25, 0.3) is 21.5 Å². The number of para-hydroxylation sites is 1. The molecule has 0 atom stereocenters. The summed E-state index contributed by atoms with van der Waals surface area (Å²) in [6.45, 7) is 1.98. The Hall–Kier alpha value is -5.89. The molecule has 1 aliphatic rings. The molecule has 0 aliphatic carbocycles. The summed E-state index contributed by atoms with van der Waals surface area (Å²) >= 11 is 2.90. The van der Waals surface area contributed by atoms with Gasteiger partial charge < -0.3 is 25.8 Å². The minimum absolute atomic E-state index is 0.0219. The zero-order chi connectivity index (χ0) is 32.3. The van der Waals surface area contributed by atoms with Gasteiger partial charge >= 0.3 is 5.97 Å². The number of aromatic carboxylic acids is 1. The minimum Gasteiger partial charge on any atom is -0.481 e. The Morgan fingerprint density at radius 3 is 2.85 bits per heavy atom. The van der Waals surface area contributed by atoms with Crippen LogP contribution in [0, 0.1) is 23.2 Å². The summed E-state index contributed by atoms with van der Waals surface area (Å²) in [6.07, 6.45) is 0.821. The molecule has 47 heavy (non-hydrogen) atoms. The first-order chi connectivity index (χ1) is 23.0. The van der Waals surface area contributed by atoms with Gasteiger partial charge in [0.25, 0.3) is 0 Å². The van der Waals surface area contributed by atoms with Crippen molar-refractivity contribution in [3.63, 3.8) is 0 Å². The maximum absolute atomic E-state index is 12.1. The fourth-order valence-corrected chi connectivity index (χ4v) is 7.25. The highest BCUT2D eigenvalue weighted by Crippen LogP contribution is 2.33. The third-order valence-corrected chi connectivity index (χ3v) is 9.75. The predicted octanol–water partition coefficient (Wildman–Crippen LogP) is 5.90. The number of aromatic amines is 1. The van der Waals surface area contributed by atoms with Crippen LogP contribution in [0.15, 0.2) is 66.7 Å². The van der Waals surface area contributed by atoms with Crippen molar-refractivity contribution in [1.82, 2.24) is 20.2 Å². The van der Waals surface area contributed by atoms with Gasteiger partial charge in [-0.2, -0.15) is 10.4 Å². The lowest BCUT2D eigenvalue weighted by Crippen LogP contribution is -2.31. The van der Waals surface area contributed by atoms with E-state index in [0.29, 0.717) is 40.1 Å². The van der Waals surface area contributed by atoms with E-state index in [9.17, 15) is 15.2 Å². The maximum atomic E-state index is 12.1. The number of benzene rings is 3. The number of ether oxygens (including phenoxy) is 1. The van der Waals surface area contributed by atoms with E-state index in [1.54, 1.807) is 29.5 Å².